The predicted octanol–water partition coefficient (Wildman–Crippen LogP) is 2.80. The Balaban J connectivity index is 1.92. The lowest BCUT2D eigenvalue weighted by Crippen LogP contribution is -2.43. The third kappa shape index (κ3) is 5.92. The van der Waals surface area contributed by atoms with Crippen molar-refractivity contribution in [3.63, 3.8) is 0 Å². The van der Waals surface area contributed by atoms with Gasteiger partial charge >= 0.3 is 0 Å². The summed E-state index contributed by atoms with van der Waals surface area (Å²) >= 11 is 0. The zero-order chi connectivity index (χ0) is 20.7. The third-order valence-corrected chi connectivity index (χ3v) is 4.32. The summed E-state index contributed by atoms with van der Waals surface area (Å²) in [5, 5.41) is 5.56. The summed E-state index contributed by atoms with van der Waals surface area (Å²) in [5.74, 6) is 0.0635. The zero-order valence-electron chi connectivity index (χ0n) is 16.5. The maximum Gasteiger partial charge on any atom is 0.241 e. The Kier molecular flexibility index (Phi) is 7.28. The van der Waals surface area contributed by atoms with Crippen molar-refractivity contribution >= 4 is 29.0 Å². The number of amides is 2. The highest BCUT2D eigenvalue weighted by molar-refractivity contribution is 5.99. The number of ether oxygens (including phenoxy) is 1. The molecule has 2 aromatic carbocycles. The van der Waals surface area contributed by atoms with E-state index in [1.165, 1.54) is 6.92 Å². The van der Waals surface area contributed by atoms with E-state index in [2.05, 4.69) is 10.6 Å². The first kappa shape index (κ1) is 21.1. The van der Waals surface area contributed by atoms with Crippen LogP contribution in [0.15, 0.2) is 48.5 Å². The van der Waals surface area contributed by atoms with Gasteiger partial charge in [0, 0.05) is 23.0 Å². The number of Topliss-reactive ketones (excluding diaryl/α,β-unsaturated/α-hetero) is 1. The molecule has 1 atom stereocenters. The van der Waals surface area contributed by atoms with Crippen LogP contribution in [0.5, 0.6) is 5.75 Å². The first-order valence-corrected chi connectivity index (χ1v) is 8.86. The second-order valence-electron chi connectivity index (χ2n) is 6.50. The molecule has 0 spiro atoms. The molecule has 0 radical (unpaired) electrons. The van der Waals surface area contributed by atoms with Gasteiger partial charge in [-0.2, -0.15) is 0 Å². The molecule has 7 heteroatoms. The van der Waals surface area contributed by atoms with Crippen LogP contribution >= 0.6 is 0 Å². The van der Waals surface area contributed by atoms with Crippen molar-refractivity contribution in [3.8, 4) is 5.75 Å². The van der Waals surface area contributed by atoms with Crippen LogP contribution in [-0.2, 0) is 9.59 Å². The molecule has 2 rings (SSSR count). The van der Waals surface area contributed by atoms with E-state index in [1.54, 1.807) is 74.5 Å². The van der Waals surface area contributed by atoms with E-state index in [0.717, 1.165) is 0 Å². The van der Waals surface area contributed by atoms with Gasteiger partial charge in [0.05, 0.1) is 19.7 Å². The summed E-state index contributed by atoms with van der Waals surface area (Å²) in [4.78, 5) is 37.8. The van der Waals surface area contributed by atoms with Gasteiger partial charge in [-0.1, -0.05) is 18.2 Å². The molecule has 148 valence electrons. The predicted molar refractivity (Wildman–Crippen MR) is 109 cm³/mol. The molecule has 0 aliphatic heterocycles. The van der Waals surface area contributed by atoms with E-state index < -0.39 is 6.04 Å². The fourth-order valence-electron chi connectivity index (χ4n) is 2.53. The maximum atomic E-state index is 12.5. The molecule has 0 aromatic heterocycles. The van der Waals surface area contributed by atoms with Crippen LogP contribution in [0.4, 0.5) is 11.4 Å². The zero-order valence-corrected chi connectivity index (χ0v) is 16.5. The van der Waals surface area contributed by atoms with Crippen molar-refractivity contribution in [1.29, 1.82) is 0 Å². The summed E-state index contributed by atoms with van der Waals surface area (Å²) in [7, 11) is 3.25. The molecular formula is C21H25N3O4. The van der Waals surface area contributed by atoms with E-state index >= 15 is 0 Å². The fraction of sp³-hybridized carbons (Fsp3) is 0.286. The number of carbonyl (C=O) groups excluding carboxylic acids is 3. The minimum atomic E-state index is -0.544. The quantitative estimate of drug-likeness (QED) is 0.685. The molecule has 0 aliphatic carbocycles. The topological polar surface area (TPSA) is 87.7 Å². The number of nitrogens with zero attached hydrogens (tertiary/aromatic N) is 1. The first-order valence-electron chi connectivity index (χ1n) is 8.86. The second-order valence-corrected chi connectivity index (χ2v) is 6.50. The van der Waals surface area contributed by atoms with Crippen LogP contribution in [0.1, 0.15) is 24.2 Å². The monoisotopic (exact) mass is 383 g/mol. The van der Waals surface area contributed by atoms with E-state index in [4.69, 9.17) is 4.74 Å². The average molecular weight is 383 g/mol. The molecule has 0 saturated carbocycles. The van der Waals surface area contributed by atoms with Crippen LogP contribution in [-0.4, -0.2) is 49.2 Å². The molecule has 2 N–H and O–H groups in total. The highest BCUT2D eigenvalue weighted by Gasteiger charge is 2.20. The summed E-state index contributed by atoms with van der Waals surface area (Å²) in [5.41, 5.74) is 1.69. The maximum absolute atomic E-state index is 12.5. The van der Waals surface area contributed by atoms with Crippen LogP contribution in [0.25, 0.3) is 0 Å². The third-order valence-electron chi connectivity index (χ3n) is 4.32. The van der Waals surface area contributed by atoms with Crippen molar-refractivity contribution in [3.05, 3.63) is 54.1 Å². The number of ketones is 1. The lowest BCUT2D eigenvalue weighted by Gasteiger charge is -2.23. The highest BCUT2D eigenvalue weighted by atomic mass is 16.5. The Morgan fingerprint density at radius 3 is 2.32 bits per heavy atom. The Labute approximate surface area is 164 Å². The largest absolute Gasteiger partial charge is 0.497 e. The van der Waals surface area contributed by atoms with E-state index in [-0.39, 0.29) is 24.1 Å². The molecule has 0 bridgehead atoms. The van der Waals surface area contributed by atoms with E-state index in [0.29, 0.717) is 22.7 Å². The minimum Gasteiger partial charge on any atom is -0.497 e. The van der Waals surface area contributed by atoms with Gasteiger partial charge in [0.1, 0.15) is 5.75 Å². The Morgan fingerprint density at radius 2 is 1.68 bits per heavy atom. The van der Waals surface area contributed by atoms with Gasteiger partial charge in [0.25, 0.3) is 0 Å². The van der Waals surface area contributed by atoms with Gasteiger partial charge in [-0.3, -0.25) is 19.3 Å². The van der Waals surface area contributed by atoms with Gasteiger partial charge in [0.15, 0.2) is 5.78 Å². The van der Waals surface area contributed by atoms with Crippen LogP contribution in [0, 0.1) is 0 Å². The molecule has 7 nitrogen and oxygen atoms in total. The standard InChI is InChI=1S/C21H25N3O4/c1-14(21(27)23-17-8-5-7-16(11-17)15(2)25)24(3)13-20(26)22-18-9-6-10-19(12-18)28-4/h5-12,14H,13H2,1-4H3,(H,22,26)(H,23,27)/t14-/m0/s1. The van der Waals surface area contributed by atoms with E-state index in [9.17, 15) is 14.4 Å². The fourth-order valence-corrected chi connectivity index (χ4v) is 2.53. The van der Waals surface area contributed by atoms with Crippen molar-refractivity contribution in [2.45, 2.75) is 19.9 Å². The number of likely N-dealkylation sites (N-methyl/N-ethyl adjacent to an activating group) is 1. The number of rotatable bonds is 8. The minimum absolute atomic E-state index is 0.0410. The summed E-state index contributed by atoms with van der Waals surface area (Å²) in [6.45, 7) is 3.22. The summed E-state index contributed by atoms with van der Waals surface area (Å²) < 4.78 is 5.13. The van der Waals surface area contributed by atoms with Crippen LogP contribution in [0.3, 0.4) is 0 Å². The molecule has 28 heavy (non-hydrogen) atoms. The van der Waals surface area contributed by atoms with Gasteiger partial charge < -0.3 is 15.4 Å². The molecule has 2 aromatic rings. The Hall–Kier alpha value is -3.19. The van der Waals surface area contributed by atoms with Gasteiger partial charge in [-0.15, -0.1) is 0 Å². The Morgan fingerprint density at radius 1 is 1.04 bits per heavy atom. The number of benzene rings is 2. The number of carbonyl (C=O) groups is 3. The number of methoxy groups -OCH3 is 1. The lowest BCUT2D eigenvalue weighted by molar-refractivity contribution is -0.122. The van der Waals surface area contributed by atoms with Crippen molar-refractivity contribution in [1.82, 2.24) is 4.90 Å². The summed E-state index contributed by atoms with van der Waals surface area (Å²) in [6, 6.07) is 13.2. The number of anilines is 2. The Bertz CT molecular complexity index is 866. The number of hydrogen-bond donors (Lipinski definition) is 2. The van der Waals surface area contributed by atoms with Gasteiger partial charge in [-0.25, -0.2) is 0 Å². The molecule has 0 saturated heterocycles. The molecule has 0 heterocycles. The van der Waals surface area contributed by atoms with Crippen molar-refractivity contribution in [2.24, 2.45) is 0 Å². The lowest BCUT2D eigenvalue weighted by atomic mass is 10.1. The molecule has 0 fully saturated rings. The van der Waals surface area contributed by atoms with Crippen molar-refractivity contribution < 1.29 is 19.1 Å². The average Bonchev–Trinajstić information content (AvgIpc) is 2.67. The molecule has 0 unspecified atom stereocenters. The van der Waals surface area contributed by atoms with Crippen molar-refractivity contribution in [2.75, 3.05) is 31.3 Å². The molecular weight excluding hydrogens is 358 g/mol. The number of hydrogen-bond acceptors (Lipinski definition) is 5. The summed E-state index contributed by atoms with van der Waals surface area (Å²) in [6.07, 6.45) is 0. The molecule has 0 aliphatic rings. The second kappa shape index (κ2) is 9.66. The normalized spacial score (nSPS) is 11.6. The van der Waals surface area contributed by atoms with E-state index in [1.807, 2.05) is 0 Å². The highest BCUT2D eigenvalue weighted by Crippen LogP contribution is 2.17. The smallest absolute Gasteiger partial charge is 0.241 e. The number of nitrogens with one attached hydrogen (secondary N) is 2. The SMILES string of the molecule is COc1cccc(NC(=O)CN(C)[C@@H](C)C(=O)Nc2cccc(C(C)=O)c2)c1. The van der Waals surface area contributed by atoms with Crippen LogP contribution in [0.2, 0.25) is 0 Å². The van der Waals surface area contributed by atoms with Gasteiger partial charge in [0.2, 0.25) is 11.8 Å². The van der Waals surface area contributed by atoms with Gasteiger partial charge in [-0.05, 0) is 45.2 Å². The first-order chi connectivity index (χ1) is 13.3. The molecule has 2 amide bonds. The van der Waals surface area contributed by atoms with Crippen LogP contribution < -0.4 is 15.4 Å².